The average Bonchev–Trinajstić information content (AvgIpc) is 2.48. The molecule has 0 aliphatic heterocycles. The highest BCUT2D eigenvalue weighted by molar-refractivity contribution is 5.98. The molecule has 0 saturated carbocycles. The van der Waals surface area contributed by atoms with Crippen molar-refractivity contribution in [1.29, 1.82) is 0 Å². The number of hydrogen-bond donors (Lipinski definition) is 0. The van der Waals surface area contributed by atoms with E-state index in [2.05, 4.69) is 15.0 Å². The minimum absolute atomic E-state index is 0.614. The van der Waals surface area contributed by atoms with E-state index >= 15 is 0 Å². The van der Waals surface area contributed by atoms with Gasteiger partial charge < -0.3 is 0 Å². The van der Waals surface area contributed by atoms with Crippen molar-refractivity contribution in [2.75, 3.05) is 0 Å². The number of pyridine rings is 1. The molecule has 90 valence electrons. The molecular formula is C15H10N4. The summed E-state index contributed by atoms with van der Waals surface area (Å²) in [6.45, 7) is 0. The Morgan fingerprint density at radius 1 is 0.895 bits per heavy atom. The van der Waals surface area contributed by atoms with Crippen molar-refractivity contribution in [1.82, 2.24) is 4.98 Å². The van der Waals surface area contributed by atoms with Crippen LogP contribution in [0.25, 0.3) is 32.3 Å². The van der Waals surface area contributed by atoms with E-state index in [4.69, 9.17) is 5.53 Å². The molecule has 0 aliphatic rings. The van der Waals surface area contributed by atoms with Crippen molar-refractivity contribution in [3.05, 3.63) is 71.4 Å². The lowest BCUT2D eigenvalue weighted by atomic mass is 10.00. The second-order valence-electron chi connectivity index (χ2n) is 4.11. The van der Waals surface area contributed by atoms with Gasteiger partial charge in [0.15, 0.2) is 0 Å². The van der Waals surface area contributed by atoms with Crippen molar-refractivity contribution in [3.8, 4) is 11.1 Å². The van der Waals surface area contributed by atoms with Gasteiger partial charge in [0.1, 0.15) is 0 Å². The Labute approximate surface area is 110 Å². The second-order valence-corrected chi connectivity index (χ2v) is 4.11. The Morgan fingerprint density at radius 2 is 1.68 bits per heavy atom. The van der Waals surface area contributed by atoms with Crippen molar-refractivity contribution < 1.29 is 0 Å². The Balaban J connectivity index is 2.34. The molecule has 19 heavy (non-hydrogen) atoms. The highest BCUT2D eigenvalue weighted by Crippen LogP contribution is 2.34. The summed E-state index contributed by atoms with van der Waals surface area (Å²) in [4.78, 5) is 7.13. The first kappa shape index (κ1) is 11.3. The molecule has 0 bridgehead atoms. The summed E-state index contributed by atoms with van der Waals surface area (Å²) < 4.78 is 0. The monoisotopic (exact) mass is 246 g/mol. The quantitative estimate of drug-likeness (QED) is 0.362. The van der Waals surface area contributed by atoms with E-state index in [1.54, 1.807) is 12.3 Å². The van der Waals surface area contributed by atoms with E-state index in [1.807, 2.05) is 48.7 Å². The van der Waals surface area contributed by atoms with Crippen molar-refractivity contribution in [2.24, 2.45) is 5.11 Å². The Kier molecular flexibility index (Phi) is 2.85. The van der Waals surface area contributed by atoms with Crippen LogP contribution in [0.3, 0.4) is 0 Å². The zero-order chi connectivity index (χ0) is 13.1. The molecule has 0 saturated heterocycles. The molecule has 0 fully saturated rings. The van der Waals surface area contributed by atoms with E-state index in [0.717, 1.165) is 21.9 Å². The number of rotatable bonds is 2. The molecule has 0 atom stereocenters. The molecule has 0 unspecified atom stereocenters. The standard InChI is InChI=1S/C15H10N4/c16-19-18-15-8-4-3-7-13(15)14-10-17-9-11-5-1-2-6-12(11)14/h1-10H. The van der Waals surface area contributed by atoms with Gasteiger partial charge in [-0.05, 0) is 16.5 Å². The van der Waals surface area contributed by atoms with Gasteiger partial charge >= 0.3 is 0 Å². The van der Waals surface area contributed by atoms with Gasteiger partial charge in [-0.2, -0.15) is 0 Å². The van der Waals surface area contributed by atoms with Gasteiger partial charge in [0.2, 0.25) is 0 Å². The molecule has 0 N–H and O–H groups in total. The molecule has 3 rings (SSSR count). The topological polar surface area (TPSA) is 61.7 Å². The van der Waals surface area contributed by atoms with Crippen LogP contribution >= 0.6 is 0 Å². The highest BCUT2D eigenvalue weighted by Gasteiger charge is 2.07. The molecule has 0 aliphatic carbocycles. The normalized spacial score (nSPS) is 10.1. The smallest absolute Gasteiger partial charge is 0.0454 e. The van der Waals surface area contributed by atoms with Crippen LogP contribution in [0.4, 0.5) is 5.69 Å². The van der Waals surface area contributed by atoms with E-state index in [-0.39, 0.29) is 0 Å². The zero-order valence-electron chi connectivity index (χ0n) is 10.1. The lowest BCUT2D eigenvalue weighted by Crippen LogP contribution is -1.84. The fraction of sp³-hybridized carbons (Fsp3) is 0. The van der Waals surface area contributed by atoms with E-state index in [1.165, 1.54) is 0 Å². The summed E-state index contributed by atoms with van der Waals surface area (Å²) in [6, 6.07) is 15.5. The number of benzene rings is 2. The Morgan fingerprint density at radius 3 is 2.58 bits per heavy atom. The lowest BCUT2D eigenvalue weighted by Gasteiger charge is -2.08. The van der Waals surface area contributed by atoms with Crippen molar-refractivity contribution in [2.45, 2.75) is 0 Å². The molecular weight excluding hydrogens is 236 g/mol. The largest absolute Gasteiger partial charge is 0.263 e. The summed E-state index contributed by atoms with van der Waals surface area (Å²) >= 11 is 0. The minimum Gasteiger partial charge on any atom is -0.263 e. The number of hydrogen-bond acceptors (Lipinski definition) is 2. The van der Waals surface area contributed by atoms with Gasteiger partial charge in [-0.1, -0.05) is 53.6 Å². The summed E-state index contributed by atoms with van der Waals surface area (Å²) in [7, 11) is 0. The predicted molar refractivity (Wildman–Crippen MR) is 76.0 cm³/mol. The molecule has 4 heteroatoms. The number of azide groups is 1. The van der Waals surface area contributed by atoms with E-state index in [9.17, 15) is 0 Å². The molecule has 1 heterocycles. The molecule has 3 aromatic rings. The Bertz CT molecular complexity index is 784. The van der Waals surface area contributed by atoms with Gasteiger partial charge in [0, 0.05) is 33.9 Å². The fourth-order valence-electron chi connectivity index (χ4n) is 2.17. The van der Waals surface area contributed by atoms with Gasteiger partial charge in [-0.25, -0.2) is 0 Å². The van der Waals surface area contributed by atoms with E-state index < -0.39 is 0 Å². The van der Waals surface area contributed by atoms with Gasteiger partial charge in [-0.15, -0.1) is 0 Å². The number of fused-ring (bicyclic) bond motifs is 1. The van der Waals surface area contributed by atoms with Crippen LogP contribution in [0.1, 0.15) is 0 Å². The Hall–Kier alpha value is -2.84. The van der Waals surface area contributed by atoms with Gasteiger partial charge in [-0.3, -0.25) is 4.98 Å². The third kappa shape index (κ3) is 2.01. The molecule has 4 nitrogen and oxygen atoms in total. The van der Waals surface area contributed by atoms with Gasteiger partial charge in [0.25, 0.3) is 0 Å². The van der Waals surface area contributed by atoms with Gasteiger partial charge in [0.05, 0.1) is 0 Å². The maximum absolute atomic E-state index is 8.65. The van der Waals surface area contributed by atoms with Crippen LogP contribution < -0.4 is 0 Å². The summed E-state index contributed by atoms with van der Waals surface area (Å²) in [5.74, 6) is 0. The first-order valence-electron chi connectivity index (χ1n) is 5.87. The second kappa shape index (κ2) is 4.80. The first-order valence-corrected chi connectivity index (χ1v) is 5.87. The first-order chi connectivity index (χ1) is 9.40. The predicted octanol–water partition coefficient (Wildman–Crippen LogP) is 4.84. The minimum atomic E-state index is 0.614. The van der Waals surface area contributed by atoms with Crippen LogP contribution in [0, 0.1) is 0 Å². The van der Waals surface area contributed by atoms with Crippen LogP contribution in [-0.2, 0) is 0 Å². The van der Waals surface area contributed by atoms with Crippen LogP contribution in [0.15, 0.2) is 66.0 Å². The van der Waals surface area contributed by atoms with E-state index in [0.29, 0.717) is 5.69 Å². The molecule has 0 radical (unpaired) electrons. The number of aromatic nitrogens is 1. The average molecular weight is 246 g/mol. The summed E-state index contributed by atoms with van der Waals surface area (Å²) in [5, 5.41) is 5.90. The number of nitrogens with zero attached hydrogens (tertiary/aromatic N) is 4. The summed E-state index contributed by atoms with van der Waals surface area (Å²) in [6.07, 6.45) is 3.63. The van der Waals surface area contributed by atoms with Crippen LogP contribution in [-0.4, -0.2) is 4.98 Å². The third-order valence-electron chi connectivity index (χ3n) is 3.01. The van der Waals surface area contributed by atoms with Crippen LogP contribution in [0.2, 0.25) is 0 Å². The summed E-state index contributed by atoms with van der Waals surface area (Å²) in [5.41, 5.74) is 11.1. The molecule has 0 spiro atoms. The SMILES string of the molecule is [N-]=[N+]=Nc1ccccc1-c1cncc2ccccc12. The maximum atomic E-state index is 8.65. The molecule has 0 amide bonds. The van der Waals surface area contributed by atoms with Crippen molar-refractivity contribution in [3.63, 3.8) is 0 Å². The van der Waals surface area contributed by atoms with Crippen molar-refractivity contribution >= 4 is 16.5 Å². The highest BCUT2D eigenvalue weighted by atomic mass is 15.1. The third-order valence-corrected chi connectivity index (χ3v) is 3.01. The molecule has 2 aromatic carbocycles. The molecule has 1 aromatic heterocycles. The lowest BCUT2D eigenvalue weighted by molar-refractivity contribution is 1.36. The zero-order valence-corrected chi connectivity index (χ0v) is 10.1. The fourth-order valence-corrected chi connectivity index (χ4v) is 2.17. The maximum Gasteiger partial charge on any atom is 0.0454 e. The van der Waals surface area contributed by atoms with Crippen LogP contribution in [0.5, 0.6) is 0 Å².